The van der Waals surface area contributed by atoms with Crippen LogP contribution in [0.3, 0.4) is 0 Å². The Morgan fingerprint density at radius 1 is 1.29 bits per heavy atom. The van der Waals surface area contributed by atoms with E-state index in [2.05, 4.69) is 9.46 Å². The third kappa shape index (κ3) is 4.83. The Bertz CT molecular complexity index is 932. The van der Waals surface area contributed by atoms with E-state index < -0.39 is 16.0 Å². The number of benzene rings is 1. The maximum Gasteiger partial charge on any atom is 0.341 e. The van der Waals surface area contributed by atoms with Crippen LogP contribution in [0.4, 0.5) is 5.69 Å². The van der Waals surface area contributed by atoms with Crippen LogP contribution in [0.1, 0.15) is 46.8 Å². The fraction of sp³-hybridized carbons (Fsp3) is 0.474. The number of fused-ring (bicyclic) bond motifs is 1. The number of hydrogen-bond acceptors (Lipinski definition) is 7. The van der Waals surface area contributed by atoms with Gasteiger partial charge in [-0.25, -0.2) is 13.2 Å². The summed E-state index contributed by atoms with van der Waals surface area (Å²) in [5, 5.41) is 0. The standard InChI is InChI=1S/C19H25NO7S/c1-11(7-9-15(21)25-3)6-8-13-17(20-28(5,23)24)16-14(10-27-19(16)22)12(2)18(13)26-4/h6,20H,7-10H2,1-5H3. The van der Waals surface area contributed by atoms with E-state index in [-0.39, 0.29) is 30.2 Å². The molecule has 0 atom stereocenters. The molecule has 9 heteroatoms. The minimum atomic E-state index is -3.64. The van der Waals surface area contributed by atoms with Gasteiger partial charge in [-0.05, 0) is 32.3 Å². The van der Waals surface area contributed by atoms with Crippen LogP contribution in [-0.4, -0.2) is 40.8 Å². The number of hydrogen-bond donors (Lipinski definition) is 1. The van der Waals surface area contributed by atoms with Crippen molar-refractivity contribution in [2.75, 3.05) is 25.2 Å². The van der Waals surface area contributed by atoms with Gasteiger partial charge in [-0.2, -0.15) is 0 Å². The molecule has 154 valence electrons. The number of carbonyl (C=O) groups excluding carboxylic acids is 2. The molecule has 0 radical (unpaired) electrons. The molecule has 1 aliphatic heterocycles. The van der Waals surface area contributed by atoms with Crippen LogP contribution >= 0.6 is 0 Å². The second-order valence-electron chi connectivity index (χ2n) is 6.65. The number of rotatable bonds is 8. The highest BCUT2D eigenvalue weighted by Crippen LogP contribution is 2.41. The minimum Gasteiger partial charge on any atom is -0.496 e. The molecule has 0 aliphatic carbocycles. The lowest BCUT2D eigenvalue weighted by molar-refractivity contribution is -0.140. The lowest BCUT2D eigenvalue weighted by atomic mass is 9.94. The number of carbonyl (C=O) groups is 2. The van der Waals surface area contributed by atoms with Gasteiger partial charge in [0, 0.05) is 17.5 Å². The van der Waals surface area contributed by atoms with Crippen molar-refractivity contribution >= 4 is 27.6 Å². The third-order valence-corrected chi connectivity index (χ3v) is 5.14. The average Bonchev–Trinajstić information content (AvgIpc) is 3.01. The second-order valence-corrected chi connectivity index (χ2v) is 8.39. The number of anilines is 1. The van der Waals surface area contributed by atoms with E-state index in [0.29, 0.717) is 29.7 Å². The summed E-state index contributed by atoms with van der Waals surface area (Å²) in [6.07, 6.45) is 3.97. The van der Waals surface area contributed by atoms with E-state index in [1.165, 1.54) is 14.2 Å². The van der Waals surface area contributed by atoms with Gasteiger partial charge in [0.15, 0.2) is 0 Å². The van der Waals surface area contributed by atoms with E-state index >= 15 is 0 Å². The Labute approximate surface area is 164 Å². The van der Waals surface area contributed by atoms with Crippen molar-refractivity contribution in [2.24, 2.45) is 0 Å². The van der Waals surface area contributed by atoms with Crippen LogP contribution in [0, 0.1) is 6.92 Å². The van der Waals surface area contributed by atoms with E-state index in [4.69, 9.17) is 9.47 Å². The van der Waals surface area contributed by atoms with Gasteiger partial charge >= 0.3 is 11.9 Å². The maximum absolute atomic E-state index is 12.3. The van der Waals surface area contributed by atoms with Crippen molar-refractivity contribution in [3.05, 3.63) is 33.9 Å². The molecule has 8 nitrogen and oxygen atoms in total. The number of methoxy groups -OCH3 is 2. The summed E-state index contributed by atoms with van der Waals surface area (Å²) in [5.74, 6) is -0.374. The van der Waals surface area contributed by atoms with Crippen LogP contribution in [-0.2, 0) is 37.3 Å². The summed E-state index contributed by atoms with van der Waals surface area (Å²) < 4.78 is 41.6. The van der Waals surface area contributed by atoms with Crippen molar-refractivity contribution in [1.29, 1.82) is 0 Å². The van der Waals surface area contributed by atoms with E-state index in [9.17, 15) is 18.0 Å². The smallest absolute Gasteiger partial charge is 0.341 e. The van der Waals surface area contributed by atoms with Crippen LogP contribution in [0.5, 0.6) is 5.75 Å². The Balaban J connectivity index is 2.52. The molecule has 0 amide bonds. The molecule has 1 aromatic carbocycles. The van der Waals surface area contributed by atoms with Crippen molar-refractivity contribution < 1.29 is 32.2 Å². The number of ether oxygens (including phenoxy) is 3. The first-order valence-electron chi connectivity index (χ1n) is 8.68. The molecule has 0 bridgehead atoms. The predicted molar refractivity (Wildman–Crippen MR) is 104 cm³/mol. The third-order valence-electron chi connectivity index (χ3n) is 4.57. The Morgan fingerprint density at radius 3 is 2.54 bits per heavy atom. The summed E-state index contributed by atoms with van der Waals surface area (Å²) in [4.78, 5) is 23.6. The van der Waals surface area contributed by atoms with Crippen LogP contribution < -0.4 is 9.46 Å². The second kappa shape index (κ2) is 8.64. The number of allylic oxidation sites excluding steroid dienone is 2. The molecule has 0 saturated carbocycles. The first kappa shape index (κ1) is 21.7. The summed E-state index contributed by atoms with van der Waals surface area (Å²) in [6, 6.07) is 0. The molecule has 1 heterocycles. The van der Waals surface area contributed by atoms with Gasteiger partial charge in [0.2, 0.25) is 10.0 Å². The minimum absolute atomic E-state index is 0.0725. The van der Waals surface area contributed by atoms with Crippen molar-refractivity contribution in [2.45, 2.75) is 39.7 Å². The van der Waals surface area contributed by atoms with Crippen molar-refractivity contribution in [1.82, 2.24) is 0 Å². The lowest BCUT2D eigenvalue weighted by Crippen LogP contribution is -2.16. The monoisotopic (exact) mass is 411 g/mol. The molecule has 0 fully saturated rings. The molecule has 0 unspecified atom stereocenters. The summed E-state index contributed by atoms with van der Waals surface area (Å²) in [7, 11) is -0.812. The molecule has 1 aromatic rings. The Kier molecular flexibility index (Phi) is 6.71. The lowest BCUT2D eigenvalue weighted by Gasteiger charge is -2.19. The largest absolute Gasteiger partial charge is 0.496 e. The average molecular weight is 411 g/mol. The van der Waals surface area contributed by atoms with Crippen molar-refractivity contribution in [3.63, 3.8) is 0 Å². The van der Waals surface area contributed by atoms with Crippen LogP contribution in [0.25, 0.3) is 0 Å². The van der Waals surface area contributed by atoms with E-state index in [1.54, 1.807) is 6.92 Å². The van der Waals surface area contributed by atoms with Crippen LogP contribution in [0.2, 0.25) is 0 Å². The predicted octanol–water partition coefficient (Wildman–Crippen LogP) is 2.49. The zero-order chi connectivity index (χ0) is 21.1. The van der Waals surface area contributed by atoms with Gasteiger partial charge in [-0.1, -0.05) is 11.6 Å². The van der Waals surface area contributed by atoms with Gasteiger partial charge in [-0.15, -0.1) is 0 Å². The highest BCUT2D eigenvalue weighted by Gasteiger charge is 2.32. The number of cyclic esters (lactones) is 1. The zero-order valence-corrected chi connectivity index (χ0v) is 17.5. The molecule has 0 spiro atoms. The van der Waals surface area contributed by atoms with Crippen molar-refractivity contribution in [3.8, 4) is 5.75 Å². The van der Waals surface area contributed by atoms with Crippen LogP contribution in [0.15, 0.2) is 11.6 Å². The molecular weight excluding hydrogens is 386 g/mol. The maximum atomic E-state index is 12.3. The Morgan fingerprint density at radius 2 is 1.96 bits per heavy atom. The molecule has 0 aromatic heterocycles. The van der Waals surface area contributed by atoms with E-state index in [1.807, 2.05) is 13.0 Å². The first-order valence-corrected chi connectivity index (χ1v) is 10.6. The van der Waals surface area contributed by atoms with Gasteiger partial charge in [0.25, 0.3) is 0 Å². The molecule has 0 saturated heterocycles. The molecule has 1 aliphatic rings. The fourth-order valence-electron chi connectivity index (χ4n) is 3.13. The highest BCUT2D eigenvalue weighted by molar-refractivity contribution is 7.92. The zero-order valence-electron chi connectivity index (χ0n) is 16.7. The van der Waals surface area contributed by atoms with Gasteiger partial charge < -0.3 is 14.2 Å². The number of nitrogens with one attached hydrogen (secondary N) is 1. The number of sulfonamides is 1. The normalized spacial score (nSPS) is 13.8. The number of esters is 2. The topological polar surface area (TPSA) is 108 Å². The molecule has 28 heavy (non-hydrogen) atoms. The molecular formula is C19H25NO7S. The summed E-state index contributed by atoms with van der Waals surface area (Å²) in [5.41, 5.74) is 3.22. The highest BCUT2D eigenvalue weighted by atomic mass is 32.2. The van der Waals surface area contributed by atoms with E-state index in [0.717, 1.165) is 17.4 Å². The Hall–Kier alpha value is -2.55. The quantitative estimate of drug-likeness (QED) is 0.517. The molecule has 1 N–H and O–H groups in total. The summed E-state index contributed by atoms with van der Waals surface area (Å²) >= 11 is 0. The summed E-state index contributed by atoms with van der Waals surface area (Å²) in [6.45, 7) is 3.75. The fourth-order valence-corrected chi connectivity index (χ4v) is 3.73. The first-order chi connectivity index (χ1) is 13.1. The van der Waals surface area contributed by atoms with Gasteiger partial charge in [0.1, 0.15) is 12.4 Å². The van der Waals surface area contributed by atoms with Gasteiger partial charge in [-0.3, -0.25) is 9.52 Å². The SMILES string of the molecule is COC(=O)CCC(C)=CCc1c(NS(C)(=O)=O)c2c(c(C)c1OC)COC2=O. The molecule has 2 rings (SSSR count). The van der Waals surface area contributed by atoms with Gasteiger partial charge in [0.05, 0.1) is 31.7 Å².